The molecule has 0 bridgehead atoms. The fraction of sp³-hybridized carbons (Fsp3) is 0.179. The van der Waals surface area contributed by atoms with Crippen LogP contribution >= 0.6 is 11.3 Å². The summed E-state index contributed by atoms with van der Waals surface area (Å²) in [6.45, 7) is 8.86. The van der Waals surface area contributed by atoms with E-state index < -0.39 is 0 Å². The first kappa shape index (κ1) is 18.6. The van der Waals surface area contributed by atoms with Gasteiger partial charge >= 0.3 is 0 Å². The summed E-state index contributed by atoms with van der Waals surface area (Å²) in [4.78, 5) is 4.90. The van der Waals surface area contributed by atoms with Crippen molar-refractivity contribution >= 4 is 53.3 Å². The minimum Gasteiger partial charge on any atom is -0.461 e. The summed E-state index contributed by atoms with van der Waals surface area (Å²) in [6.07, 6.45) is 1.94. The van der Waals surface area contributed by atoms with Gasteiger partial charge in [-0.2, -0.15) is 0 Å². The van der Waals surface area contributed by atoms with E-state index in [0.29, 0.717) is 0 Å². The lowest BCUT2D eigenvalue weighted by Gasteiger charge is -2.23. The number of rotatable bonds is 1. The zero-order valence-electron chi connectivity index (χ0n) is 18.1. The molecule has 0 saturated carbocycles. The quantitative estimate of drug-likeness (QED) is 0.265. The lowest BCUT2D eigenvalue weighted by Crippen LogP contribution is -2.12. The van der Waals surface area contributed by atoms with Crippen molar-refractivity contribution in [3.63, 3.8) is 0 Å². The maximum Gasteiger partial charge on any atom is 0.135 e. The molecule has 3 aromatic carbocycles. The van der Waals surface area contributed by atoms with Crippen LogP contribution in [0.4, 0.5) is 0 Å². The Morgan fingerprint density at radius 2 is 1.71 bits per heavy atom. The SMILES string of the molecule is Cc1cc2c(ccc3c2sc2ccnc(-c4cc(C(C)(C)C)c5ccccc5c4)c23)o1. The van der Waals surface area contributed by atoms with E-state index in [1.165, 1.54) is 47.5 Å². The Hall–Kier alpha value is -3.17. The van der Waals surface area contributed by atoms with Gasteiger partial charge in [0.05, 0.1) is 5.69 Å². The number of aryl methyl sites for hydroxylation is 1. The topological polar surface area (TPSA) is 26.0 Å². The van der Waals surface area contributed by atoms with E-state index in [1.807, 2.05) is 24.5 Å². The maximum absolute atomic E-state index is 5.88. The average molecular weight is 422 g/mol. The van der Waals surface area contributed by atoms with Crippen molar-refractivity contribution < 1.29 is 4.42 Å². The monoisotopic (exact) mass is 421 g/mol. The third-order valence-corrected chi connectivity index (χ3v) is 7.32. The highest BCUT2D eigenvalue weighted by molar-refractivity contribution is 7.26. The van der Waals surface area contributed by atoms with Crippen LogP contribution in [0.25, 0.3) is 53.2 Å². The molecule has 0 atom stereocenters. The summed E-state index contributed by atoms with van der Waals surface area (Å²) in [5.74, 6) is 0.947. The van der Waals surface area contributed by atoms with Crippen LogP contribution < -0.4 is 0 Å². The number of nitrogens with zero attached hydrogens (tertiary/aromatic N) is 1. The first-order valence-corrected chi connectivity index (χ1v) is 11.5. The molecule has 0 aliphatic heterocycles. The highest BCUT2D eigenvalue weighted by Crippen LogP contribution is 2.43. The van der Waals surface area contributed by atoms with Crippen molar-refractivity contribution in [2.45, 2.75) is 33.1 Å². The fourth-order valence-electron chi connectivity index (χ4n) is 4.71. The first-order valence-electron chi connectivity index (χ1n) is 10.6. The molecule has 0 N–H and O–H groups in total. The van der Waals surface area contributed by atoms with Crippen molar-refractivity contribution in [2.24, 2.45) is 0 Å². The van der Waals surface area contributed by atoms with Gasteiger partial charge in [0.1, 0.15) is 11.3 Å². The van der Waals surface area contributed by atoms with Crippen molar-refractivity contribution in [1.82, 2.24) is 4.98 Å². The summed E-state index contributed by atoms with van der Waals surface area (Å²) in [7, 11) is 0. The molecule has 6 rings (SSSR count). The van der Waals surface area contributed by atoms with Gasteiger partial charge < -0.3 is 4.42 Å². The van der Waals surface area contributed by atoms with Gasteiger partial charge in [-0.05, 0) is 65.1 Å². The van der Waals surface area contributed by atoms with E-state index in [2.05, 4.69) is 81.4 Å². The summed E-state index contributed by atoms with van der Waals surface area (Å²) in [6, 6.07) is 21.9. The predicted octanol–water partition coefficient (Wildman–Crippen LogP) is 8.62. The summed E-state index contributed by atoms with van der Waals surface area (Å²) >= 11 is 1.83. The van der Waals surface area contributed by atoms with E-state index >= 15 is 0 Å². The molecular weight excluding hydrogens is 398 g/mol. The standard InChI is InChI=1S/C28H23NOS/c1-16-13-21-23(30-16)10-9-20-25-24(31-27(20)21)11-12-29-26(25)18-14-17-7-5-6-8-19(17)22(15-18)28(2,3)4/h5-15H,1-4H3. The Morgan fingerprint density at radius 1 is 0.871 bits per heavy atom. The number of benzene rings is 3. The number of aromatic nitrogens is 1. The normalized spacial score (nSPS) is 12.5. The molecule has 0 unspecified atom stereocenters. The molecule has 3 aromatic heterocycles. The van der Waals surface area contributed by atoms with Gasteiger partial charge in [-0.15, -0.1) is 11.3 Å². The van der Waals surface area contributed by atoms with Gasteiger partial charge in [-0.25, -0.2) is 0 Å². The first-order chi connectivity index (χ1) is 14.9. The zero-order chi connectivity index (χ0) is 21.3. The van der Waals surface area contributed by atoms with E-state index in [9.17, 15) is 0 Å². The van der Waals surface area contributed by atoms with Crippen molar-refractivity contribution in [3.05, 3.63) is 78.2 Å². The lowest BCUT2D eigenvalue weighted by molar-refractivity contribution is 0.579. The Labute approximate surface area is 185 Å². The number of thiophene rings is 1. The molecule has 2 nitrogen and oxygen atoms in total. The second kappa shape index (κ2) is 6.41. The minimum absolute atomic E-state index is 0.0424. The van der Waals surface area contributed by atoms with Crippen molar-refractivity contribution in [3.8, 4) is 11.3 Å². The summed E-state index contributed by atoms with van der Waals surface area (Å²) < 4.78 is 8.41. The van der Waals surface area contributed by atoms with Crippen LogP contribution in [-0.2, 0) is 5.41 Å². The molecule has 3 heteroatoms. The number of hydrogen-bond donors (Lipinski definition) is 0. The van der Waals surface area contributed by atoms with Crippen LogP contribution in [0.1, 0.15) is 32.1 Å². The predicted molar refractivity (Wildman–Crippen MR) is 133 cm³/mol. The van der Waals surface area contributed by atoms with Crippen LogP contribution in [0.5, 0.6) is 0 Å². The van der Waals surface area contributed by atoms with Crippen LogP contribution in [0.3, 0.4) is 0 Å². The molecule has 0 radical (unpaired) electrons. The van der Waals surface area contributed by atoms with Gasteiger partial charge in [-0.1, -0.05) is 45.0 Å². The summed E-state index contributed by atoms with van der Waals surface area (Å²) in [5.41, 5.74) is 4.58. The highest BCUT2D eigenvalue weighted by atomic mass is 32.1. The van der Waals surface area contributed by atoms with Crippen LogP contribution in [0, 0.1) is 6.92 Å². The number of fused-ring (bicyclic) bond motifs is 6. The van der Waals surface area contributed by atoms with E-state index in [1.54, 1.807) is 0 Å². The van der Waals surface area contributed by atoms with Crippen molar-refractivity contribution in [2.75, 3.05) is 0 Å². The summed E-state index contributed by atoms with van der Waals surface area (Å²) in [5, 5.41) is 6.25. The zero-order valence-corrected chi connectivity index (χ0v) is 18.9. The average Bonchev–Trinajstić information content (AvgIpc) is 3.31. The largest absolute Gasteiger partial charge is 0.461 e. The number of hydrogen-bond acceptors (Lipinski definition) is 3. The second-order valence-electron chi connectivity index (χ2n) is 9.34. The smallest absolute Gasteiger partial charge is 0.135 e. The molecule has 0 aliphatic rings. The molecule has 0 aliphatic carbocycles. The maximum atomic E-state index is 5.88. The molecule has 0 spiro atoms. The number of furan rings is 1. The second-order valence-corrected chi connectivity index (χ2v) is 10.4. The third kappa shape index (κ3) is 2.80. The Bertz CT molecular complexity index is 1630. The van der Waals surface area contributed by atoms with Crippen LogP contribution in [0.2, 0.25) is 0 Å². The van der Waals surface area contributed by atoms with E-state index in [4.69, 9.17) is 9.40 Å². The minimum atomic E-state index is 0.0424. The van der Waals surface area contributed by atoms with E-state index in [-0.39, 0.29) is 5.41 Å². The van der Waals surface area contributed by atoms with Crippen molar-refractivity contribution in [1.29, 1.82) is 0 Å². The van der Waals surface area contributed by atoms with Gasteiger partial charge in [0.25, 0.3) is 0 Å². The van der Waals surface area contributed by atoms with Gasteiger partial charge in [0.2, 0.25) is 0 Å². The molecular formula is C28H23NOS. The molecule has 0 saturated heterocycles. The van der Waals surface area contributed by atoms with Gasteiger partial charge in [-0.3, -0.25) is 4.98 Å². The number of pyridine rings is 1. The molecule has 3 heterocycles. The molecule has 152 valence electrons. The third-order valence-electron chi connectivity index (χ3n) is 6.11. The Kier molecular flexibility index (Phi) is 3.85. The van der Waals surface area contributed by atoms with E-state index in [0.717, 1.165) is 17.0 Å². The molecule has 0 fully saturated rings. The highest BCUT2D eigenvalue weighted by Gasteiger charge is 2.21. The lowest BCUT2D eigenvalue weighted by atomic mass is 9.82. The van der Waals surface area contributed by atoms with Crippen LogP contribution in [0.15, 0.2) is 71.3 Å². The Balaban J connectivity index is 1.72. The van der Waals surface area contributed by atoms with Crippen LogP contribution in [-0.4, -0.2) is 4.98 Å². The molecule has 31 heavy (non-hydrogen) atoms. The van der Waals surface area contributed by atoms with Gasteiger partial charge in [0.15, 0.2) is 0 Å². The molecule has 6 aromatic rings. The molecule has 0 amide bonds. The van der Waals surface area contributed by atoms with Gasteiger partial charge in [0, 0.05) is 37.3 Å². The Morgan fingerprint density at radius 3 is 2.55 bits per heavy atom. The fourth-order valence-corrected chi connectivity index (χ4v) is 5.91.